The Labute approximate surface area is 190 Å². The number of amides is 1. The summed E-state index contributed by atoms with van der Waals surface area (Å²) in [6.07, 6.45) is -0.448. The zero-order valence-corrected chi connectivity index (χ0v) is 19.6. The van der Waals surface area contributed by atoms with Crippen molar-refractivity contribution < 1.29 is 14.3 Å². The van der Waals surface area contributed by atoms with Gasteiger partial charge in [0.05, 0.1) is 7.11 Å². The first-order chi connectivity index (χ1) is 15.2. The molecule has 0 aliphatic carbocycles. The summed E-state index contributed by atoms with van der Waals surface area (Å²) in [6, 6.07) is 13.7. The lowest BCUT2D eigenvalue weighted by atomic mass is 9.96. The number of methoxy groups -OCH3 is 1. The monoisotopic (exact) mass is 450 g/mol. The SMILES string of the molecule is COc1ccc2[nH]c(=O)c3sc(C)cc3c2c1-c1ccc(CNC(=O)OC(C)(C)C)cc1. The van der Waals surface area contributed by atoms with Gasteiger partial charge in [0.25, 0.3) is 5.56 Å². The Morgan fingerprint density at radius 3 is 2.50 bits per heavy atom. The van der Waals surface area contributed by atoms with Gasteiger partial charge in [-0.3, -0.25) is 4.79 Å². The van der Waals surface area contributed by atoms with Crippen LogP contribution in [0.4, 0.5) is 4.79 Å². The highest BCUT2D eigenvalue weighted by Crippen LogP contribution is 2.40. The van der Waals surface area contributed by atoms with Gasteiger partial charge in [-0.05, 0) is 57.0 Å². The van der Waals surface area contributed by atoms with Crippen LogP contribution in [-0.2, 0) is 11.3 Å². The smallest absolute Gasteiger partial charge is 0.407 e. The number of alkyl carbamates (subject to hydrolysis) is 1. The van der Waals surface area contributed by atoms with Crippen LogP contribution in [0.1, 0.15) is 31.2 Å². The standard InChI is InChI=1S/C25H26N2O4S/c1-14-12-17-21-18(27-23(28)22(17)32-14)10-11-19(30-5)20(21)16-8-6-15(7-9-16)13-26-24(29)31-25(2,3)4/h6-12H,13H2,1-5H3,(H,26,29)(H,27,28). The summed E-state index contributed by atoms with van der Waals surface area (Å²) in [5.41, 5.74) is 2.99. The third kappa shape index (κ3) is 4.34. The molecule has 0 radical (unpaired) electrons. The number of thiophene rings is 1. The summed E-state index contributed by atoms with van der Waals surface area (Å²) in [4.78, 5) is 28.6. The molecule has 0 aliphatic heterocycles. The molecule has 0 spiro atoms. The fraction of sp³-hybridized carbons (Fsp3) is 0.280. The van der Waals surface area contributed by atoms with Crippen molar-refractivity contribution in [3.8, 4) is 16.9 Å². The van der Waals surface area contributed by atoms with Crippen molar-refractivity contribution in [2.24, 2.45) is 0 Å². The van der Waals surface area contributed by atoms with E-state index in [2.05, 4.69) is 16.4 Å². The van der Waals surface area contributed by atoms with Gasteiger partial charge >= 0.3 is 6.09 Å². The van der Waals surface area contributed by atoms with Crippen LogP contribution in [0.5, 0.6) is 5.75 Å². The van der Waals surface area contributed by atoms with Gasteiger partial charge in [-0.2, -0.15) is 0 Å². The second-order valence-corrected chi connectivity index (χ2v) is 9.93. The molecule has 4 aromatic rings. The van der Waals surface area contributed by atoms with Gasteiger partial charge < -0.3 is 19.8 Å². The number of aromatic amines is 1. The molecule has 2 aromatic heterocycles. The number of H-pyrrole nitrogens is 1. The van der Waals surface area contributed by atoms with Gasteiger partial charge in [0.1, 0.15) is 16.1 Å². The van der Waals surface area contributed by atoms with E-state index in [0.717, 1.165) is 43.6 Å². The van der Waals surface area contributed by atoms with E-state index in [1.54, 1.807) is 7.11 Å². The molecule has 4 rings (SSSR count). The fourth-order valence-corrected chi connectivity index (χ4v) is 4.66. The number of pyridine rings is 1. The average Bonchev–Trinajstić information content (AvgIpc) is 3.13. The number of carbonyl (C=O) groups excluding carboxylic acids is 1. The molecule has 2 aromatic carbocycles. The largest absolute Gasteiger partial charge is 0.496 e. The predicted molar refractivity (Wildman–Crippen MR) is 130 cm³/mol. The van der Waals surface area contributed by atoms with E-state index in [9.17, 15) is 9.59 Å². The van der Waals surface area contributed by atoms with Crippen molar-refractivity contribution >= 4 is 38.4 Å². The predicted octanol–water partition coefficient (Wildman–Crippen LogP) is 5.75. The summed E-state index contributed by atoms with van der Waals surface area (Å²) in [7, 11) is 1.64. The molecule has 32 heavy (non-hydrogen) atoms. The van der Waals surface area contributed by atoms with E-state index in [-0.39, 0.29) is 5.56 Å². The maximum Gasteiger partial charge on any atom is 0.407 e. The molecule has 0 aliphatic rings. The van der Waals surface area contributed by atoms with E-state index in [0.29, 0.717) is 11.2 Å². The van der Waals surface area contributed by atoms with Gasteiger partial charge in [0.2, 0.25) is 0 Å². The van der Waals surface area contributed by atoms with Crippen LogP contribution >= 0.6 is 11.3 Å². The number of nitrogens with one attached hydrogen (secondary N) is 2. The van der Waals surface area contributed by atoms with E-state index in [1.165, 1.54) is 11.3 Å². The van der Waals surface area contributed by atoms with Crippen LogP contribution in [0, 0.1) is 6.92 Å². The summed E-state index contributed by atoms with van der Waals surface area (Å²) in [5.74, 6) is 0.731. The number of ether oxygens (including phenoxy) is 2. The number of hydrogen-bond donors (Lipinski definition) is 2. The average molecular weight is 451 g/mol. The Balaban J connectivity index is 1.74. The molecule has 0 fully saturated rings. The topological polar surface area (TPSA) is 80.4 Å². The Morgan fingerprint density at radius 1 is 1.12 bits per heavy atom. The van der Waals surface area contributed by atoms with E-state index in [1.807, 2.05) is 64.1 Å². The molecule has 0 saturated carbocycles. The third-order valence-electron chi connectivity index (χ3n) is 5.04. The lowest BCUT2D eigenvalue weighted by Crippen LogP contribution is -2.32. The van der Waals surface area contributed by atoms with Gasteiger partial charge in [-0.15, -0.1) is 11.3 Å². The molecule has 6 nitrogen and oxygen atoms in total. The Morgan fingerprint density at radius 2 is 1.84 bits per heavy atom. The van der Waals surface area contributed by atoms with Crippen molar-refractivity contribution in [2.45, 2.75) is 39.8 Å². The van der Waals surface area contributed by atoms with Crippen molar-refractivity contribution in [1.29, 1.82) is 0 Å². The summed E-state index contributed by atoms with van der Waals surface area (Å²) in [6.45, 7) is 7.86. The van der Waals surface area contributed by atoms with Crippen molar-refractivity contribution in [3.63, 3.8) is 0 Å². The van der Waals surface area contributed by atoms with Gasteiger partial charge in [-0.25, -0.2) is 4.79 Å². The molecule has 2 heterocycles. The number of fused-ring (bicyclic) bond motifs is 3. The van der Waals surface area contributed by atoms with Crippen molar-refractivity contribution in [1.82, 2.24) is 10.3 Å². The number of hydrogen-bond acceptors (Lipinski definition) is 5. The minimum atomic E-state index is -0.537. The minimum Gasteiger partial charge on any atom is -0.496 e. The number of aryl methyl sites for hydroxylation is 1. The zero-order chi connectivity index (χ0) is 23.0. The molecular weight excluding hydrogens is 424 g/mol. The molecule has 0 bridgehead atoms. The van der Waals surface area contributed by atoms with Crippen LogP contribution in [-0.4, -0.2) is 23.8 Å². The van der Waals surface area contributed by atoms with Crippen molar-refractivity contribution in [3.05, 3.63) is 63.3 Å². The quantitative estimate of drug-likeness (QED) is 0.415. The van der Waals surface area contributed by atoms with Crippen LogP contribution < -0.4 is 15.6 Å². The van der Waals surface area contributed by atoms with Gasteiger partial charge in [0, 0.05) is 33.3 Å². The summed E-state index contributed by atoms with van der Waals surface area (Å²) < 4.78 is 11.7. The Hall–Kier alpha value is -3.32. The molecular formula is C25H26N2O4S. The molecule has 0 unspecified atom stereocenters. The zero-order valence-electron chi connectivity index (χ0n) is 18.8. The molecule has 0 atom stereocenters. The highest BCUT2D eigenvalue weighted by Gasteiger charge is 2.18. The fourth-order valence-electron chi connectivity index (χ4n) is 3.75. The molecule has 1 amide bonds. The van der Waals surface area contributed by atoms with Crippen LogP contribution in [0.15, 0.2) is 47.3 Å². The highest BCUT2D eigenvalue weighted by atomic mass is 32.1. The second kappa shape index (κ2) is 8.31. The third-order valence-corrected chi connectivity index (χ3v) is 6.09. The Kier molecular flexibility index (Phi) is 5.69. The van der Waals surface area contributed by atoms with Crippen LogP contribution in [0.2, 0.25) is 0 Å². The maximum atomic E-state index is 12.5. The molecule has 7 heteroatoms. The lowest BCUT2D eigenvalue weighted by Gasteiger charge is -2.19. The number of aromatic nitrogens is 1. The first kappa shape index (κ1) is 21.9. The number of rotatable bonds is 4. The molecule has 2 N–H and O–H groups in total. The highest BCUT2D eigenvalue weighted by molar-refractivity contribution is 7.19. The Bertz CT molecular complexity index is 1360. The molecule has 166 valence electrons. The minimum absolute atomic E-state index is 0.0784. The van der Waals surface area contributed by atoms with Crippen molar-refractivity contribution in [2.75, 3.05) is 7.11 Å². The first-order valence-electron chi connectivity index (χ1n) is 10.4. The first-order valence-corrected chi connectivity index (χ1v) is 11.2. The van der Waals surface area contributed by atoms with E-state index >= 15 is 0 Å². The number of carbonyl (C=O) groups is 1. The van der Waals surface area contributed by atoms with E-state index in [4.69, 9.17) is 9.47 Å². The van der Waals surface area contributed by atoms with Gasteiger partial charge in [-0.1, -0.05) is 24.3 Å². The number of benzene rings is 2. The van der Waals surface area contributed by atoms with Crippen LogP contribution in [0.25, 0.3) is 32.1 Å². The van der Waals surface area contributed by atoms with Crippen LogP contribution in [0.3, 0.4) is 0 Å². The van der Waals surface area contributed by atoms with E-state index < -0.39 is 11.7 Å². The van der Waals surface area contributed by atoms with Gasteiger partial charge in [0.15, 0.2) is 0 Å². The maximum absolute atomic E-state index is 12.5. The normalized spacial score (nSPS) is 11.7. The molecule has 0 saturated heterocycles. The second-order valence-electron chi connectivity index (χ2n) is 8.67. The summed E-state index contributed by atoms with van der Waals surface area (Å²) >= 11 is 1.49. The summed E-state index contributed by atoms with van der Waals surface area (Å²) in [5, 5.41) is 4.66. The lowest BCUT2D eigenvalue weighted by molar-refractivity contribution is 0.0523.